The van der Waals surface area contributed by atoms with Gasteiger partial charge in [0.2, 0.25) is 5.89 Å². The van der Waals surface area contributed by atoms with Crippen LogP contribution < -0.4 is 0 Å². The van der Waals surface area contributed by atoms with Gasteiger partial charge in [-0.15, -0.1) is 0 Å². The average molecular weight is 313 g/mol. The van der Waals surface area contributed by atoms with Crippen LogP contribution in [0.5, 0.6) is 0 Å². The smallest absolute Gasteiger partial charge is 0.243 e. The Balaban J connectivity index is 1.50. The first-order valence-electron chi connectivity index (χ1n) is 8.48. The Labute approximate surface area is 136 Å². The van der Waals surface area contributed by atoms with Crippen LogP contribution in [0, 0.1) is 0 Å². The lowest BCUT2D eigenvalue weighted by atomic mass is 10.1. The molecule has 3 atom stereocenters. The van der Waals surface area contributed by atoms with Gasteiger partial charge in [-0.1, -0.05) is 35.5 Å². The quantitative estimate of drug-likeness (QED) is 0.865. The maximum absolute atomic E-state index is 6.13. The van der Waals surface area contributed by atoms with E-state index in [-0.39, 0.29) is 18.2 Å². The van der Waals surface area contributed by atoms with Gasteiger partial charge in [0.25, 0.3) is 0 Å². The molecule has 1 aliphatic heterocycles. The summed E-state index contributed by atoms with van der Waals surface area (Å²) < 4.78 is 11.6. The Morgan fingerprint density at radius 1 is 1.17 bits per heavy atom. The first kappa shape index (κ1) is 14.8. The minimum absolute atomic E-state index is 0.0909. The number of aromatic nitrogens is 2. The molecule has 0 radical (unpaired) electrons. The first-order chi connectivity index (χ1) is 11.2. The van der Waals surface area contributed by atoms with Crippen molar-refractivity contribution in [1.82, 2.24) is 15.0 Å². The second-order valence-electron chi connectivity index (χ2n) is 6.74. The minimum Gasteiger partial charge on any atom is -0.368 e. The summed E-state index contributed by atoms with van der Waals surface area (Å²) in [5.74, 6) is 2.14. The van der Waals surface area contributed by atoms with Crippen LogP contribution in [0.15, 0.2) is 34.9 Å². The third kappa shape index (κ3) is 3.16. The van der Waals surface area contributed by atoms with E-state index in [1.165, 1.54) is 18.4 Å². The van der Waals surface area contributed by atoms with E-state index in [9.17, 15) is 0 Å². The summed E-state index contributed by atoms with van der Waals surface area (Å²) in [7, 11) is 0. The summed E-state index contributed by atoms with van der Waals surface area (Å²) in [5.41, 5.74) is 1.22. The average Bonchev–Trinajstić information content (AvgIpc) is 3.32. The van der Waals surface area contributed by atoms with Gasteiger partial charge in [-0.05, 0) is 32.3 Å². The highest BCUT2D eigenvalue weighted by Gasteiger charge is 2.34. The molecule has 1 saturated carbocycles. The molecule has 1 aromatic heterocycles. The fourth-order valence-corrected chi connectivity index (χ4v) is 3.23. The Bertz CT molecular complexity index is 653. The van der Waals surface area contributed by atoms with Crippen LogP contribution in [0.2, 0.25) is 0 Å². The molecule has 2 heterocycles. The molecule has 122 valence electrons. The Hall–Kier alpha value is -1.72. The number of benzene rings is 1. The Kier molecular flexibility index (Phi) is 3.91. The molecular formula is C18H23N3O2. The van der Waals surface area contributed by atoms with Crippen LogP contribution in [-0.2, 0) is 4.74 Å². The van der Waals surface area contributed by atoms with E-state index in [1.54, 1.807) is 0 Å². The van der Waals surface area contributed by atoms with E-state index in [2.05, 4.69) is 53.2 Å². The zero-order valence-corrected chi connectivity index (χ0v) is 13.7. The predicted molar refractivity (Wildman–Crippen MR) is 86.0 cm³/mol. The van der Waals surface area contributed by atoms with Gasteiger partial charge >= 0.3 is 0 Å². The molecule has 0 amide bonds. The number of nitrogens with zero attached hydrogens (tertiary/aromatic N) is 3. The van der Waals surface area contributed by atoms with Gasteiger partial charge in [-0.25, -0.2) is 0 Å². The SMILES string of the molecule is C[C@@H]1CN([C@@H](C)c2nc(C3CC3)no2)C[C@@H](c2ccccc2)O1. The fourth-order valence-electron chi connectivity index (χ4n) is 3.23. The van der Waals surface area contributed by atoms with Gasteiger partial charge in [-0.2, -0.15) is 4.98 Å². The minimum atomic E-state index is 0.0909. The number of morpholine rings is 1. The van der Waals surface area contributed by atoms with Crippen molar-refractivity contribution in [2.45, 2.75) is 50.9 Å². The van der Waals surface area contributed by atoms with Crippen molar-refractivity contribution in [3.8, 4) is 0 Å². The monoisotopic (exact) mass is 313 g/mol. The van der Waals surface area contributed by atoms with Crippen LogP contribution in [-0.4, -0.2) is 34.2 Å². The van der Waals surface area contributed by atoms with E-state index in [0.717, 1.165) is 24.8 Å². The Morgan fingerprint density at radius 3 is 2.70 bits per heavy atom. The third-order valence-electron chi connectivity index (χ3n) is 4.76. The largest absolute Gasteiger partial charge is 0.368 e. The summed E-state index contributed by atoms with van der Waals surface area (Å²) in [4.78, 5) is 6.99. The molecule has 0 unspecified atom stereocenters. The van der Waals surface area contributed by atoms with Crippen LogP contribution >= 0.6 is 0 Å². The lowest BCUT2D eigenvalue weighted by Crippen LogP contribution is -2.44. The van der Waals surface area contributed by atoms with Crippen molar-refractivity contribution < 1.29 is 9.26 Å². The predicted octanol–water partition coefficient (Wildman–Crippen LogP) is 3.47. The highest BCUT2D eigenvalue weighted by Crippen LogP contribution is 2.39. The maximum Gasteiger partial charge on any atom is 0.243 e. The van der Waals surface area contributed by atoms with Gasteiger partial charge in [0, 0.05) is 19.0 Å². The van der Waals surface area contributed by atoms with E-state index in [1.807, 2.05) is 6.07 Å². The van der Waals surface area contributed by atoms with Crippen molar-refractivity contribution in [2.75, 3.05) is 13.1 Å². The second-order valence-corrected chi connectivity index (χ2v) is 6.74. The van der Waals surface area contributed by atoms with Crippen molar-refractivity contribution in [2.24, 2.45) is 0 Å². The molecule has 4 rings (SSSR count). The Morgan fingerprint density at radius 2 is 1.96 bits per heavy atom. The fraction of sp³-hybridized carbons (Fsp3) is 0.556. The summed E-state index contributed by atoms with van der Waals surface area (Å²) in [6, 6.07) is 10.5. The highest BCUT2D eigenvalue weighted by atomic mass is 16.5. The van der Waals surface area contributed by atoms with Gasteiger partial charge in [0.05, 0.1) is 18.2 Å². The maximum atomic E-state index is 6.13. The van der Waals surface area contributed by atoms with Gasteiger partial charge in [-0.3, -0.25) is 4.90 Å². The van der Waals surface area contributed by atoms with E-state index in [4.69, 9.17) is 9.26 Å². The molecule has 1 aromatic carbocycles. The van der Waals surface area contributed by atoms with Gasteiger partial charge < -0.3 is 9.26 Å². The summed E-state index contributed by atoms with van der Waals surface area (Å²) in [6.45, 7) is 5.99. The number of ether oxygens (including phenoxy) is 1. The van der Waals surface area contributed by atoms with E-state index >= 15 is 0 Å². The molecular weight excluding hydrogens is 290 g/mol. The van der Waals surface area contributed by atoms with Crippen LogP contribution in [0.25, 0.3) is 0 Å². The zero-order chi connectivity index (χ0) is 15.8. The molecule has 1 saturated heterocycles. The van der Waals surface area contributed by atoms with Gasteiger partial charge in [0.1, 0.15) is 0 Å². The molecule has 0 spiro atoms. The topological polar surface area (TPSA) is 51.4 Å². The normalized spacial score (nSPS) is 27.0. The molecule has 1 aliphatic carbocycles. The zero-order valence-electron chi connectivity index (χ0n) is 13.7. The number of hydrogen-bond acceptors (Lipinski definition) is 5. The summed E-state index contributed by atoms with van der Waals surface area (Å²) in [6.07, 6.45) is 2.66. The molecule has 5 nitrogen and oxygen atoms in total. The van der Waals surface area contributed by atoms with Crippen LogP contribution in [0.3, 0.4) is 0 Å². The molecule has 23 heavy (non-hydrogen) atoms. The molecule has 2 aromatic rings. The molecule has 2 aliphatic rings. The molecule has 0 bridgehead atoms. The standard InChI is InChI=1S/C18H23N3O2/c1-12-10-21(11-16(22-12)14-6-4-3-5-7-14)13(2)18-19-17(20-23-18)15-8-9-15/h3-7,12-13,15-16H,8-11H2,1-2H3/t12-,13+,16+/m1/s1. The van der Waals surface area contributed by atoms with Gasteiger partial charge in [0.15, 0.2) is 5.82 Å². The molecule has 2 fully saturated rings. The van der Waals surface area contributed by atoms with E-state index < -0.39 is 0 Å². The molecule has 0 N–H and O–H groups in total. The van der Waals surface area contributed by atoms with Crippen LogP contribution in [0.1, 0.15) is 62.0 Å². The first-order valence-corrected chi connectivity index (χ1v) is 8.48. The summed E-state index contributed by atoms with van der Waals surface area (Å²) in [5, 5.41) is 4.15. The highest BCUT2D eigenvalue weighted by molar-refractivity contribution is 5.18. The lowest BCUT2D eigenvalue weighted by molar-refractivity contribution is -0.0922. The van der Waals surface area contributed by atoms with Crippen molar-refractivity contribution in [3.05, 3.63) is 47.6 Å². The van der Waals surface area contributed by atoms with E-state index in [0.29, 0.717) is 5.92 Å². The van der Waals surface area contributed by atoms with Crippen LogP contribution in [0.4, 0.5) is 0 Å². The van der Waals surface area contributed by atoms with Crippen molar-refractivity contribution >= 4 is 0 Å². The number of hydrogen-bond donors (Lipinski definition) is 0. The molecule has 5 heteroatoms. The number of rotatable bonds is 4. The van der Waals surface area contributed by atoms with Crippen molar-refractivity contribution in [1.29, 1.82) is 0 Å². The van der Waals surface area contributed by atoms with Crippen molar-refractivity contribution in [3.63, 3.8) is 0 Å². The third-order valence-corrected chi connectivity index (χ3v) is 4.76. The second kappa shape index (κ2) is 6.06. The lowest BCUT2D eigenvalue weighted by Gasteiger charge is -2.39. The summed E-state index contributed by atoms with van der Waals surface area (Å²) >= 11 is 0.